The number of hydrogen-bond donors (Lipinski definition) is 1. The summed E-state index contributed by atoms with van der Waals surface area (Å²) in [6.45, 7) is 10.0. The molecule has 1 N–H and O–H groups in total. The maximum Gasteiger partial charge on any atom is 0.00925 e. The molecular formula is C14H29ClN2. The highest BCUT2D eigenvalue weighted by molar-refractivity contribution is 5.85. The van der Waals surface area contributed by atoms with Crippen molar-refractivity contribution in [2.75, 3.05) is 26.2 Å². The molecule has 102 valence electrons. The highest BCUT2D eigenvalue weighted by Gasteiger charge is 2.25. The molecule has 0 spiro atoms. The zero-order valence-corrected chi connectivity index (χ0v) is 12.3. The summed E-state index contributed by atoms with van der Waals surface area (Å²) in [7, 11) is 0. The fourth-order valence-corrected chi connectivity index (χ4v) is 3.26. The van der Waals surface area contributed by atoms with E-state index in [1.807, 2.05) is 0 Å². The summed E-state index contributed by atoms with van der Waals surface area (Å²) in [5.41, 5.74) is 0. The lowest BCUT2D eigenvalue weighted by Gasteiger charge is -2.38. The van der Waals surface area contributed by atoms with E-state index in [1.165, 1.54) is 58.3 Å². The van der Waals surface area contributed by atoms with Gasteiger partial charge in [-0.05, 0) is 77.0 Å². The van der Waals surface area contributed by atoms with Crippen molar-refractivity contribution in [3.63, 3.8) is 0 Å². The van der Waals surface area contributed by atoms with Gasteiger partial charge in [0.05, 0.1) is 0 Å². The van der Waals surface area contributed by atoms with Crippen molar-refractivity contribution in [1.82, 2.24) is 10.2 Å². The van der Waals surface area contributed by atoms with Crippen molar-refractivity contribution >= 4 is 12.4 Å². The summed E-state index contributed by atoms with van der Waals surface area (Å²) in [5, 5.41) is 3.45. The predicted molar refractivity (Wildman–Crippen MR) is 76.9 cm³/mol. The van der Waals surface area contributed by atoms with E-state index in [0.29, 0.717) is 0 Å². The first-order valence-electron chi connectivity index (χ1n) is 7.22. The maximum absolute atomic E-state index is 3.45. The van der Waals surface area contributed by atoms with Crippen molar-refractivity contribution in [3.05, 3.63) is 0 Å². The minimum absolute atomic E-state index is 0. The molecule has 2 saturated heterocycles. The average molecular weight is 261 g/mol. The lowest BCUT2D eigenvalue weighted by molar-refractivity contribution is 0.104. The van der Waals surface area contributed by atoms with Crippen LogP contribution in [-0.4, -0.2) is 37.1 Å². The zero-order valence-electron chi connectivity index (χ0n) is 11.5. The summed E-state index contributed by atoms with van der Waals surface area (Å²) in [6, 6.07) is 0.815. The quantitative estimate of drug-likeness (QED) is 0.840. The molecule has 2 aliphatic rings. The molecule has 0 aliphatic carbocycles. The molecular weight excluding hydrogens is 232 g/mol. The van der Waals surface area contributed by atoms with E-state index >= 15 is 0 Å². The average Bonchev–Trinajstić information content (AvgIpc) is 2.32. The molecule has 17 heavy (non-hydrogen) atoms. The Bertz CT molecular complexity index is 204. The van der Waals surface area contributed by atoms with Gasteiger partial charge in [0.25, 0.3) is 0 Å². The molecule has 2 fully saturated rings. The van der Waals surface area contributed by atoms with Crippen LogP contribution in [-0.2, 0) is 0 Å². The Labute approximate surface area is 113 Å². The standard InChI is InChI=1S/C14H28N2.ClH/c1-12-4-3-10-16(13(12)2)11-7-14-5-8-15-9-6-14;/h12-15H,3-11H2,1-2H3;1H. The van der Waals surface area contributed by atoms with E-state index < -0.39 is 0 Å². The molecule has 2 aliphatic heterocycles. The highest BCUT2D eigenvalue weighted by atomic mass is 35.5. The van der Waals surface area contributed by atoms with Crippen LogP contribution in [0, 0.1) is 11.8 Å². The van der Waals surface area contributed by atoms with Crippen molar-refractivity contribution in [2.24, 2.45) is 11.8 Å². The van der Waals surface area contributed by atoms with Gasteiger partial charge >= 0.3 is 0 Å². The van der Waals surface area contributed by atoms with Gasteiger partial charge in [0.2, 0.25) is 0 Å². The van der Waals surface area contributed by atoms with Crippen molar-refractivity contribution in [2.45, 2.75) is 52.0 Å². The van der Waals surface area contributed by atoms with Gasteiger partial charge in [-0.2, -0.15) is 0 Å². The van der Waals surface area contributed by atoms with Gasteiger partial charge in [-0.25, -0.2) is 0 Å². The number of likely N-dealkylation sites (tertiary alicyclic amines) is 1. The molecule has 0 bridgehead atoms. The Morgan fingerprint density at radius 2 is 1.82 bits per heavy atom. The van der Waals surface area contributed by atoms with Gasteiger partial charge in [0.15, 0.2) is 0 Å². The number of rotatable bonds is 3. The molecule has 2 nitrogen and oxygen atoms in total. The monoisotopic (exact) mass is 260 g/mol. The molecule has 0 aromatic carbocycles. The molecule has 0 aromatic heterocycles. The predicted octanol–water partition coefficient (Wildman–Crippen LogP) is 2.92. The number of nitrogens with zero attached hydrogens (tertiary/aromatic N) is 1. The molecule has 0 aromatic rings. The first kappa shape index (κ1) is 15.3. The Balaban J connectivity index is 0.00000144. The van der Waals surface area contributed by atoms with Crippen LogP contribution >= 0.6 is 12.4 Å². The third-order valence-electron chi connectivity index (χ3n) is 4.79. The summed E-state index contributed by atoms with van der Waals surface area (Å²) < 4.78 is 0. The number of piperidine rings is 2. The first-order valence-corrected chi connectivity index (χ1v) is 7.22. The van der Waals surface area contributed by atoms with Crippen molar-refractivity contribution in [1.29, 1.82) is 0 Å². The van der Waals surface area contributed by atoms with Gasteiger partial charge < -0.3 is 10.2 Å². The molecule has 0 amide bonds. The topological polar surface area (TPSA) is 15.3 Å². The number of halogens is 1. The van der Waals surface area contributed by atoms with Crippen LogP contribution < -0.4 is 5.32 Å². The van der Waals surface area contributed by atoms with Gasteiger partial charge in [-0.1, -0.05) is 6.92 Å². The molecule has 0 saturated carbocycles. The van der Waals surface area contributed by atoms with Crippen LogP contribution in [0.15, 0.2) is 0 Å². The fraction of sp³-hybridized carbons (Fsp3) is 1.00. The van der Waals surface area contributed by atoms with E-state index in [1.54, 1.807) is 0 Å². The second-order valence-corrected chi connectivity index (χ2v) is 5.88. The lowest BCUT2D eigenvalue weighted by atomic mass is 9.90. The molecule has 2 atom stereocenters. The molecule has 2 unspecified atom stereocenters. The minimum Gasteiger partial charge on any atom is -0.317 e. The van der Waals surface area contributed by atoms with E-state index in [4.69, 9.17) is 0 Å². The van der Waals surface area contributed by atoms with Crippen LogP contribution in [0.2, 0.25) is 0 Å². The second kappa shape index (κ2) is 7.60. The Hall–Kier alpha value is 0.210. The van der Waals surface area contributed by atoms with Crippen molar-refractivity contribution < 1.29 is 0 Å². The van der Waals surface area contributed by atoms with Gasteiger partial charge in [0, 0.05) is 6.04 Å². The summed E-state index contributed by atoms with van der Waals surface area (Å²) >= 11 is 0. The van der Waals surface area contributed by atoms with Crippen LogP contribution in [0.4, 0.5) is 0 Å². The maximum atomic E-state index is 3.45. The van der Waals surface area contributed by atoms with E-state index in [-0.39, 0.29) is 12.4 Å². The van der Waals surface area contributed by atoms with E-state index in [9.17, 15) is 0 Å². The molecule has 0 radical (unpaired) electrons. The van der Waals surface area contributed by atoms with Gasteiger partial charge in [-0.3, -0.25) is 0 Å². The summed E-state index contributed by atoms with van der Waals surface area (Å²) in [6.07, 6.45) is 7.08. The smallest absolute Gasteiger partial charge is 0.00925 e. The number of hydrogen-bond acceptors (Lipinski definition) is 2. The Morgan fingerprint density at radius 3 is 2.53 bits per heavy atom. The minimum atomic E-state index is 0. The summed E-state index contributed by atoms with van der Waals surface area (Å²) in [4.78, 5) is 2.73. The van der Waals surface area contributed by atoms with Crippen LogP contribution in [0.3, 0.4) is 0 Å². The second-order valence-electron chi connectivity index (χ2n) is 5.88. The van der Waals surface area contributed by atoms with E-state index in [2.05, 4.69) is 24.1 Å². The third-order valence-corrected chi connectivity index (χ3v) is 4.79. The third kappa shape index (κ3) is 4.42. The zero-order chi connectivity index (χ0) is 11.4. The highest BCUT2D eigenvalue weighted by Crippen LogP contribution is 2.24. The Kier molecular flexibility index (Phi) is 6.83. The number of nitrogens with one attached hydrogen (secondary N) is 1. The molecule has 2 heterocycles. The largest absolute Gasteiger partial charge is 0.317 e. The van der Waals surface area contributed by atoms with Crippen LogP contribution in [0.5, 0.6) is 0 Å². The SMILES string of the molecule is CC1CCCN(CCC2CCNCC2)C1C.Cl. The normalized spacial score (nSPS) is 32.1. The van der Waals surface area contributed by atoms with Crippen LogP contribution in [0.25, 0.3) is 0 Å². The fourth-order valence-electron chi connectivity index (χ4n) is 3.26. The molecule has 3 heteroatoms. The van der Waals surface area contributed by atoms with Gasteiger partial charge in [-0.15, -0.1) is 12.4 Å². The van der Waals surface area contributed by atoms with E-state index in [0.717, 1.165) is 17.9 Å². The van der Waals surface area contributed by atoms with Gasteiger partial charge in [0.1, 0.15) is 0 Å². The first-order chi connectivity index (χ1) is 7.77. The Morgan fingerprint density at radius 1 is 1.12 bits per heavy atom. The molecule has 2 rings (SSSR count). The van der Waals surface area contributed by atoms with Crippen LogP contribution in [0.1, 0.15) is 46.0 Å². The van der Waals surface area contributed by atoms with Crippen molar-refractivity contribution in [3.8, 4) is 0 Å². The lowest BCUT2D eigenvalue weighted by Crippen LogP contribution is -2.43. The summed E-state index contributed by atoms with van der Waals surface area (Å²) in [5.74, 6) is 1.90.